The van der Waals surface area contributed by atoms with Gasteiger partial charge in [-0.05, 0) is 66.9 Å². The molecule has 0 fully saturated rings. The number of ether oxygens (including phenoxy) is 3. The van der Waals surface area contributed by atoms with E-state index < -0.39 is 6.04 Å². The van der Waals surface area contributed by atoms with E-state index in [0.29, 0.717) is 57.5 Å². The molecule has 0 radical (unpaired) electrons. The third kappa shape index (κ3) is 6.18. The molecule has 1 aliphatic heterocycles. The molecule has 4 aromatic carbocycles. The van der Waals surface area contributed by atoms with Gasteiger partial charge in [-0.3, -0.25) is 14.2 Å². The number of aromatic nitrogens is 1. The fraction of sp³-hybridized carbons (Fsp3) is 0.237. The second-order valence-electron chi connectivity index (χ2n) is 11.3. The van der Waals surface area contributed by atoms with Crippen LogP contribution in [0.5, 0.6) is 17.2 Å². The van der Waals surface area contributed by atoms with Gasteiger partial charge in [0, 0.05) is 23.1 Å². The Bertz CT molecular complexity index is 2220. The molecule has 1 aromatic heterocycles. The van der Waals surface area contributed by atoms with Crippen molar-refractivity contribution in [1.29, 1.82) is 0 Å². The first-order valence-corrected chi connectivity index (χ1v) is 17.3. The second-order valence-corrected chi connectivity index (χ2v) is 13.1. The first-order chi connectivity index (χ1) is 23.3. The molecule has 1 atom stereocenters. The van der Waals surface area contributed by atoms with Crippen LogP contribution in [0.25, 0.3) is 16.8 Å². The summed E-state index contributed by atoms with van der Waals surface area (Å²) in [6.07, 6.45) is 1.82. The molecule has 0 saturated carbocycles. The van der Waals surface area contributed by atoms with Crippen LogP contribution in [0.1, 0.15) is 43.5 Å². The predicted octanol–water partition coefficient (Wildman–Crippen LogP) is 6.62. The van der Waals surface area contributed by atoms with Crippen molar-refractivity contribution >= 4 is 50.0 Å². The van der Waals surface area contributed by atoms with Gasteiger partial charge in [0.1, 0.15) is 18.4 Å². The first-order valence-electron chi connectivity index (χ1n) is 15.7. The van der Waals surface area contributed by atoms with Crippen molar-refractivity contribution in [1.82, 2.24) is 9.47 Å². The number of hydrogen-bond acceptors (Lipinski definition) is 7. The molecule has 0 bridgehead atoms. The van der Waals surface area contributed by atoms with Gasteiger partial charge < -0.3 is 19.1 Å². The van der Waals surface area contributed by atoms with Crippen molar-refractivity contribution in [3.63, 3.8) is 0 Å². The lowest BCUT2D eigenvalue weighted by atomic mass is 9.90. The standard InChI is InChI=1S/C38H36BrN3O5S/c1-6-41(7-2)37(44)33-23(3)40-38-42(35(33)34-27-16-12-11-15-25(27)17-18-29(34)45-4)36(43)32(48-38)20-26-19-30(46-5)31(21-28(26)39)47-22-24-13-9-8-10-14-24/h8-21,35H,6-7,22H2,1-5H3/b32-20+/t35-/m1/s1. The molecule has 246 valence electrons. The molecule has 1 amide bonds. The summed E-state index contributed by atoms with van der Waals surface area (Å²) in [6, 6.07) is 24.7. The van der Waals surface area contributed by atoms with Gasteiger partial charge in [0.15, 0.2) is 16.3 Å². The van der Waals surface area contributed by atoms with Crippen molar-refractivity contribution in [2.75, 3.05) is 27.3 Å². The van der Waals surface area contributed by atoms with E-state index in [2.05, 4.69) is 15.9 Å². The molecular weight excluding hydrogens is 690 g/mol. The van der Waals surface area contributed by atoms with Crippen molar-refractivity contribution in [2.24, 2.45) is 4.99 Å². The quantitative estimate of drug-likeness (QED) is 0.162. The van der Waals surface area contributed by atoms with E-state index in [9.17, 15) is 9.59 Å². The van der Waals surface area contributed by atoms with Crippen molar-refractivity contribution in [3.05, 3.63) is 131 Å². The Hall–Kier alpha value is -4.67. The maximum atomic E-state index is 14.5. The summed E-state index contributed by atoms with van der Waals surface area (Å²) < 4.78 is 20.5. The summed E-state index contributed by atoms with van der Waals surface area (Å²) in [5.41, 5.74) is 3.28. The van der Waals surface area contributed by atoms with Crippen LogP contribution in [0, 0.1) is 0 Å². The van der Waals surface area contributed by atoms with Gasteiger partial charge in [-0.15, -0.1) is 0 Å². The molecule has 0 N–H and O–H groups in total. The smallest absolute Gasteiger partial charge is 0.271 e. The van der Waals surface area contributed by atoms with E-state index in [1.165, 1.54) is 11.3 Å². The summed E-state index contributed by atoms with van der Waals surface area (Å²) in [7, 11) is 3.20. The fourth-order valence-corrected chi connectivity index (χ4v) is 7.57. The third-order valence-electron chi connectivity index (χ3n) is 8.53. The van der Waals surface area contributed by atoms with Crippen LogP contribution in [0.2, 0.25) is 0 Å². The maximum Gasteiger partial charge on any atom is 0.271 e. The average Bonchev–Trinajstić information content (AvgIpc) is 3.41. The van der Waals surface area contributed by atoms with Gasteiger partial charge in [0.25, 0.3) is 11.5 Å². The van der Waals surface area contributed by atoms with Crippen LogP contribution < -0.4 is 29.1 Å². The molecule has 6 rings (SSSR count). The first kappa shape index (κ1) is 33.2. The van der Waals surface area contributed by atoms with E-state index in [1.54, 1.807) is 23.7 Å². The molecule has 0 spiro atoms. The number of likely N-dealkylation sites (N-methyl/N-ethyl adjacent to an activating group) is 1. The van der Waals surface area contributed by atoms with Crippen LogP contribution >= 0.6 is 27.3 Å². The molecule has 2 heterocycles. The lowest BCUT2D eigenvalue weighted by Gasteiger charge is -2.30. The maximum absolute atomic E-state index is 14.5. The number of carbonyl (C=O) groups excluding carboxylic acids is 1. The minimum absolute atomic E-state index is 0.158. The number of carbonyl (C=O) groups is 1. The van der Waals surface area contributed by atoms with E-state index in [0.717, 1.165) is 31.9 Å². The number of methoxy groups -OCH3 is 2. The molecule has 1 aliphatic rings. The Kier molecular flexibility index (Phi) is 9.84. The van der Waals surface area contributed by atoms with Gasteiger partial charge in [-0.1, -0.05) is 87.9 Å². The Morgan fingerprint density at radius 1 is 0.958 bits per heavy atom. The normalized spacial score (nSPS) is 14.5. The average molecular weight is 727 g/mol. The zero-order chi connectivity index (χ0) is 33.9. The number of benzene rings is 4. The highest BCUT2D eigenvalue weighted by molar-refractivity contribution is 9.10. The summed E-state index contributed by atoms with van der Waals surface area (Å²) >= 11 is 4.97. The zero-order valence-electron chi connectivity index (χ0n) is 27.5. The topological polar surface area (TPSA) is 82.4 Å². The lowest BCUT2D eigenvalue weighted by molar-refractivity contribution is -0.127. The molecule has 0 saturated heterocycles. The van der Waals surface area contributed by atoms with Crippen molar-refractivity contribution in [2.45, 2.75) is 33.4 Å². The summed E-state index contributed by atoms with van der Waals surface area (Å²) in [6.45, 7) is 7.17. The van der Waals surface area contributed by atoms with Crippen molar-refractivity contribution < 1.29 is 19.0 Å². The minimum Gasteiger partial charge on any atom is -0.496 e. The van der Waals surface area contributed by atoms with Crippen LogP contribution in [-0.2, 0) is 11.4 Å². The van der Waals surface area contributed by atoms with Crippen LogP contribution in [-0.4, -0.2) is 42.7 Å². The Balaban J connectivity index is 1.53. The fourth-order valence-electron chi connectivity index (χ4n) is 6.10. The highest BCUT2D eigenvalue weighted by atomic mass is 79.9. The molecule has 8 nitrogen and oxygen atoms in total. The van der Waals surface area contributed by atoms with E-state index >= 15 is 0 Å². The highest BCUT2D eigenvalue weighted by Crippen LogP contribution is 2.41. The van der Waals surface area contributed by atoms with Crippen molar-refractivity contribution in [3.8, 4) is 17.2 Å². The monoisotopic (exact) mass is 725 g/mol. The molecule has 0 aliphatic carbocycles. The highest BCUT2D eigenvalue weighted by Gasteiger charge is 2.36. The molecule has 10 heteroatoms. The SMILES string of the molecule is CCN(CC)C(=O)C1=C(C)N=c2s/c(=C/c3cc(OC)c(OCc4ccccc4)cc3Br)c(=O)n2[C@H]1c1c(OC)ccc2ccccc12. The number of amides is 1. The van der Waals surface area contributed by atoms with Crippen LogP contribution in [0.15, 0.2) is 104 Å². The molecule has 48 heavy (non-hydrogen) atoms. The number of allylic oxidation sites excluding steroid dienone is 1. The van der Waals surface area contributed by atoms with E-state index in [1.807, 2.05) is 106 Å². The third-order valence-corrected chi connectivity index (χ3v) is 10.2. The van der Waals surface area contributed by atoms with Gasteiger partial charge in [0.05, 0.1) is 30.0 Å². The summed E-state index contributed by atoms with van der Waals surface area (Å²) in [4.78, 5) is 35.9. The number of rotatable bonds is 10. The van der Waals surface area contributed by atoms with Gasteiger partial charge in [-0.25, -0.2) is 4.99 Å². The predicted molar refractivity (Wildman–Crippen MR) is 194 cm³/mol. The minimum atomic E-state index is -0.760. The number of halogens is 1. The Morgan fingerprint density at radius 2 is 1.67 bits per heavy atom. The molecule has 0 unspecified atom stereocenters. The van der Waals surface area contributed by atoms with E-state index in [4.69, 9.17) is 19.2 Å². The van der Waals surface area contributed by atoms with Gasteiger partial charge >= 0.3 is 0 Å². The largest absolute Gasteiger partial charge is 0.496 e. The number of hydrogen-bond donors (Lipinski definition) is 0. The molecular formula is C38H36BrN3O5S. The van der Waals surface area contributed by atoms with E-state index in [-0.39, 0.29) is 11.5 Å². The Morgan fingerprint density at radius 3 is 2.38 bits per heavy atom. The van der Waals surface area contributed by atoms with Crippen LogP contribution in [0.3, 0.4) is 0 Å². The van der Waals surface area contributed by atoms with Gasteiger partial charge in [-0.2, -0.15) is 0 Å². The zero-order valence-corrected chi connectivity index (χ0v) is 29.9. The summed E-state index contributed by atoms with van der Waals surface area (Å²) in [5.74, 6) is 1.54. The summed E-state index contributed by atoms with van der Waals surface area (Å²) in [5, 5.41) is 1.87. The van der Waals surface area contributed by atoms with Gasteiger partial charge in [0.2, 0.25) is 0 Å². The number of fused-ring (bicyclic) bond motifs is 2. The number of thiazole rings is 1. The molecule has 5 aromatic rings. The lowest BCUT2D eigenvalue weighted by Crippen LogP contribution is -2.43. The van der Waals surface area contributed by atoms with Crippen LogP contribution in [0.4, 0.5) is 0 Å². The second kappa shape index (κ2) is 14.2. The number of nitrogens with zero attached hydrogens (tertiary/aromatic N) is 3. The Labute approximate surface area is 291 Å².